The summed E-state index contributed by atoms with van der Waals surface area (Å²) in [7, 11) is 0. The number of hydrogen-bond donors (Lipinski definition) is 0. The normalized spacial score (nSPS) is 18.3. The number of anilines is 5. The molecule has 0 radical (unpaired) electrons. The van der Waals surface area contributed by atoms with E-state index in [2.05, 4.69) is 303 Å². The van der Waals surface area contributed by atoms with Gasteiger partial charge in [0, 0.05) is 39.1 Å². The van der Waals surface area contributed by atoms with Gasteiger partial charge in [-0.1, -0.05) is 244 Å². The first-order chi connectivity index (χ1) is 42.5. The molecule has 0 amide bonds. The van der Waals surface area contributed by atoms with Gasteiger partial charge in [-0.25, -0.2) is 0 Å². The zero-order valence-corrected chi connectivity index (χ0v) is 48.6. The second kappa shape index (κ2) is 19.6. The van der Waals surface area contributed by atoms with Crippen molar-refractivity contribution in [3.63, 3.8) is 0 Å². The maximum atomic E-state index is 7.91. The molecule has 6 aliphatic carbocycles. The zero-order valence-electron chi connectivity index (χ0n) is 48.6. The van der Waals surface area contributed by atoms with Crippen molar-refractivity contribution in [1.29, 1.82) is 0 Å². The highest BCUT2D eigenvalue weighted by Gasteiger charge is 2.50. The maximum Gasteiger partial charge on any atom is 0.159 e. The molecule has 1 heterocycles. The Morgan fingerprint density at radius 1 is 0.419 bits per heavy atom. The number of nitrogens with zero attached hydrogens (tertiary/aromatic N) is 2. The smallest absolute Gasteiger partial charge is 0.159 e. The molecule has 0 spiro atoms. The number of benzene rings is 10. The van der Waals surface area contributed by atoms with Crippen molar-refractivity contribution in [2.75, 3.05) is 9.80 Å². The van der Waals surface area contributed by atoms with E-state index in [0.717, 1.165) is 94.6 Å². The minimum Gasteiger partial charge on any atom is -0.453 e. The maximum absolute atomic E-state index is 7.91. The van der Waals surface area contributed by atoms with Crippen molar-refractivity contribution < 1.29 is 4.42 Å². The van der Waals surface area contributed by atoms with E-state index in [1.54, 1.807) is 0 Å². The molecule has 6 aliphatic rings. The van der Waals surface area contributed by atoms with Gasteiger partial charge in [0.15, 0.2) is 5.58 Å². The number of rotatable bonds is 10. The van der Waals surface area contributed by atoms with Gasteiger partial charge < -0.3 is 14.2 Å². The molecule has 0 saturated heterocycles. The molecule has 0 bridgehead atoms. The Labute approximate surface area is 504 Å². The van der Waals surface area contributed by atoms with Crippen LogP contribution < -0.4 is 9.80 Å². The van der Waals surface area contributed by atoms with Gasteiger partial charge in [-0.15, -0.1) is 0 Å². The van der Waals surface area contributed by atoms with Crippen molar-refractivity contribution in [1.82, 2.24) is 0 Å². The number of furan rings is 1. The summed E-state index contributed by atoms with van der Waals surface area (Å²) >= 11 is 0. The minimum atomic E-state index is -0.578. The molecule has 10 aromatic carbocycles. The van der Waals surface area contributed by atoms with Gasteiger partial charge in [-0.3, -0.25) is 0 Å². The Hall–Kier alpha value is -9.96. The highest BCUT2D eigenvalue weighted by atomic mass is 16.3. The predicted octanol–water partition coefficient (Wildman–Crippen LogP) is 21.7. The minimum absolute atomic E-state index is 0.250. The van der Waals surface area contributed by atoms with Crippen molar-refractivity contribution in [2.45, 2.75) is 68.6 Å². The van der Waals surface area contributed by atoms with Crippen LogP contribution in [0, 0.1) is 0 Å². The van der Waals surface area contributed by atoms with Crippen LogP contribution in [0.15, 0.2) is 306 Å². The van der Waals surface area contributed by atoms with E-state index in [9.17, 15) is 0 Å². The quantitative estimate of drug-likeness (QED) is 0.136. The van der Waals surface area contributed by atoms with Gasteiger partial charge >= 0.3 is 0 Å². The van der Waals surface area contributed by atoms with Crippen LogP contribution in [0.3, 0.4) is 0 Å². The molecule has 0 N–H and O–H groups in total. The molecule has 412 valence electrons. The number of fused-ring (bicyclic) bond motifs is 11. The zero-order chi connectivity index (χ0) is 57.1. The Morgan fingerprint density at radius 3 is 1.67 bits per heavy atom. The third-order valence-electron chi connectivity index (χ3n) is 20.1. The number of para-hydroxylation sites is 3. The molecule has 0 saturated carbocycles. The Morgan fingerprint density at radius 2 is 0.977 bits per heavy atom. The van der Waals surface area contributed by atoms with Crippen LogP contribution >= 0.6 is 0 Å². The fourth-order valence-corrected chi connectivity index (χ4v) is 16.5. The summed E-state index contributed by atoms with van der Waals surface area (Å²) < 4.78 is 7.91. The molecule has 1 aromatic heterocycles. The molecular weight excluding hydrogens is 1040 g/mol. The van der Waals surface area contributed by atoms with Gasteiger partial charge in [0.05, 0.1) is 27.6 Å². The van der Waals surface area contributed by atoms with Crippen molar-refractivity contribution in [3.05, 3.63) is 352 Å². The SMILES string of the molecule is CC1(C)C2=C(C=CCC2)c2c1cc(N(c1ccccc1)c1cccc(C3(c4ccccc4)c4ccccc4-c4ccccc43)c1)c1c2oc2c(N(C3=CCCC(C4(c5ccccc5)C5=C(CCC=C5)c5ccccc54)=C3)c3ccccc3)cccc21. The lowest BCUT2D eigenvalue weighted by Gasteiger charge is -2.39. The first-order valence-corrected chi connectivity index (χ1v) is 30.9. The van der Waals surface area contributed by atoms with Gasteiger partial charge in [0.25, 0.3) is 0 Å². The fraction of sp³-hybridized carbons (Fsp3) is 0.133. The topological polar surface area (TPSA) is 19.6 Å². The molecule has 0 fully saturated rings. The summed E-state index contributed by atoms with van der Waals surface area (Å²) in [4.78, 5) is 5.02. The van der Waals surface area contributed by atoms with E-state index in [0.29, 0.717) is 0 Å². The van der Waals surface area contributed by atoms with E-state index < -0.39 is 10.8 Å². The summed E-state index contributed by atoms with van der Waals surface area (Å²) in [6.07, 6.45) is 20.6. The van der Waals surface area contributed by atoms with Crippen LogP contribution in [0.1, 0.15) is 102 Å². The fourth-order valence-electron chi connectivity index (χ4n) is 16.5. The molecule has 11 aromatic rings. The predicted molar refractivity (Wildman–Crippen MR) is 357 cm³/mol. The second-order valence-electron chi connectivity index (χ2n) is 24.7. The first-order valence-electron chi connectivity index (χ1n) is 30.9. The van der Waals surface area contributed by atoms with Gasteiger partial charge in [0.2, 0.25) is 0 Å². The molecule has 1 unspecified atom stereocenters. The summed E-state index contributed by atoms with van der Waals surface area (Å²) in [5.74, 6) is 0. The molecule has 86 heavy (non-hydrogen) atoms. The first kappa shape index (κ1) is 50.5. The van der Waals surface area contributed by atoms with Crippen molar-refractivity contribution >= 4 is 61.5 Å². The van der Waals surface area contributed by atoms with E-state index in [1.807, 2.05) is 0 Å². The number of allylic oxidation sites excluding steroid dienone is 11. The summed E-state index contributed by atoms with van der Waals surface area (Å²) in [6.45, 7) is 4.87. The third kappa shape index (κ3) is 7.15. The van der Waals surface area contributed by atoms with E-state index in [1.165, 1.54) is 89.1 Å². The van der Waals surface area contributed by atoms with Gasteiger partial charge in [0.1, 0.15) is 5.58 Å². The largest absolute Gasteiger partial charge is 0.453 e. The van der Waals surface area contributed by atoms with Crippen molar-refractivity contribution in [3.8, 4) is 11.1 Å². The van der Waals surface area contributed by atoms with Crippen LogP contribution in [-0.4, -0.2) is 0 Å². The number of hydrogen-bond acceptors (Lipinski definition) is 3. The Kier molecular flexibility index (Phi) is 11.5. The van der Waals surface area contributed by atoms with E-state index in [-0.39, 0.29) is 5.41 Å². The molecule has 0 aliphatic heterocycles. The Bertz CT molecular complexity index is 4730. The summed E-state index contributed by atoms with van der Waals surface area (Å²) in [5.41, 5.74) is 28.3. The van der Waals surface area contributed by atoms with Crippen LogP contribution in [0.2, 0.25) is 0 Å². The van der Waals surface area contributed by atoms with E-state index in [4.69, 9.17) is 4.42 Å². The van der Waals surface area contributed by atoms with Crippen LogP contribution in [0.25, 0.3) is 44.2 Å². The van der Waals surface area contributed by atoms with Crippen molar-refractivity contribution in [2.24, 2.45) is 0 Å². The average Bonchev–Trinajstić information content (AvgIpc) is 1.65. The molecule has 3 nitrogen and oxygen atoms in total. The van der Waals surface area contributed by atoms with Crippen LogP contribution in [0.4, 0.5) is 28.4 Å². The third-order valence-corrected chi connectivity index (χ3v) is 20.1. The lowest BCUT2D eigenvalue weighted by Crippen LogP contribution is -2.32. The molecular formula is C83H64N2O. The van der Waals surface area contributed by atoms with Gasteiger partial charge in [-0.05, 0) is 171 Å². The Balaban J connectivity index is 0.918. The molecule has 1 atom stereocenters. The molecule has 17 rings (SSSR count). The lowest BCUT2D eigenvalue weighted by atomic mass is 9.64. The monoisotopic (exact) mass is 1100 g/mol. The highest BCUT2D eigenvalue weighted by Crippen LogP contribution is 2.62. The molecule has 3 heteroatoms. The average molecular weight is 1110 g/mol. The van der Waals surface area contributed by atoms with Crippen LogP contribution in [0.5, 0.6) is 0 Å². The summed E-state index contributed by atoms with van der Waals surface area (Å²) in [6, 6.07) is 90.7. The van der Waals surface area contributed by atoms with Crippen LogP contribution in [-0.2, 0) is 16.2 Å². The van der Waals surface area contributed by atoms with Gasteiger partial charge in [-0.2, -0.15) is 0 Å². The standard InChI is InChI=1S/C83H64N2O/c1-81(2)69-46-20-19-44-67(69)77-74(81)54-76(85(60-36-13-6-14-37-60)62-39-26-33-58(53-62)83(56-30-9-4-10-31-56)72-49-23-17-42-65(72)66-43-18-24-50-73(66)83)78-68-45-27-51-75(79(68)86-80(77)78)84(59-34-11-5-12-35-59)61-38-25-32-57(52-61)82(55-28-7-3-8-29-55)70-47-21-15-40-63(70)64-41-16-22-48-71(64)82/h3-15,17-19,21-24,26-31,33-40,42-45,47-54H,16,20,25,32,41,46H2,1-2H3. The van der Waals surface area contributed by atoms with E-state index >= 15 is 0 Å². The summed E-state index contributed by atoms with van der Waals surface area (Å²) in [5, 5.41) is 2.18. The lowest BCUT2D eigenvalue weighted by molar-refractivity contribution is 0.606. The second-order valence-corrected chi connectivity index (χ2v) is 24.7. The highest BCUT2D eigenvalue weighted by molar-refractivity contribution is 6.20.